The van der Waals surface area contributed by atoms with Crippen molar-refractivity contribution < 1.29 is 0 Å². The van der Waals surface area contributed by atoms with Crippen molar-refractivity contribution in [1.29, 1.82) is 0 Å². The van der Waals surface area contributed by atoms with E-state index >= 15 is 0 Å². The Balaban J connectivity index is 1.74. The molecule has 0 saturated heterocycles. The Hall–Kier alpha value is -4.95. The molecule has 186 valence electrons. The van der Waals surface area contributed by atoms with Crippen LogP contribution in [0.15, 0.2) is 170 Å². The minimum Gasteiger partial charge on any atom is -0.334 e. The zero-order valence-corrected chi connectivity index (χ0v) is 21.6. The molecule has 0 unspecified atom stereocenters. The molecule has 2 nitrogen and oxygen atoms in total. The lowest BCUT2D eigenvalue weighted by Gasteiger charge is -2.50. The first-order valence-corrected chi connectivity index (χ1v) is 13.4. The van der Waals surface area contributed by atoms with Crippen molar-refractivity contribution in [3.63, 3.8) is 0 Å². The number of benzene rings is 5. The Labute approximate surface area is 229 Å². The highest BCUT2D eigenvalue weighted by atomic mass is 15.3. The molecule has 0 fully saturated rings. The summed E-state index contributed by atoms with van der Waals surface area (Å²) in [5.74, 6) is 0. The number of hydrogen-bond donors (Lipinski definition) is 0. The van der Waals surface area contributed by atoms with E-state index in [0.717, 1.165) is 5.69 Å². The van der Waals surface area contributed by atoms with Gasteiger partial charge in [-0.25, -0.2) is 0 Å². The van der Waals surface area contributed by atoms with Crippen LogP contribution in [-0.4, -0.2) is 4.98 Å². The standard InChI is InChI=1S/C37H28N2/c1-5-16-29(17-6-1)36(30-18-7-2-8-19-30)34-25-13-14-26-35(34)37(31-20-9-3-10-21-31,32-22-11-4-12-23-32)39(36)33-24-15-27-38-28-33/h1-28H. The first-order valence-electron chi connectivity index (χ1n) is 13.4. The molecule has 1 aliphatic rings. The zero-order valence-electron chi connectivity index (χ0n) is 21.6. The van der Waals surface area contributed by atoms with Crippen molar-refractivity contribution in [3.05, 3.63) is 203 Å². The molecule has 1 aliphatic heterocycles. The van der Waals surface area contributed by atoms with E-state index in [0.29, 0.717) is 0 Å². The molecular formula is C37H28N2. The summed E-state index contributed by atoms with van der Waals surface area (Å²) in [4.78, 5) is 7.27. The second-order valence-corrected chi connectivity index (χ2v) is 9.98. The van der Waals surface area contributed by atoms with Crippen molar-refractivity contribution in [2.75, 3.05) is 4.90 Å². The molecule has 7 rings (SSSR count). The van der Waals surface area contributed by atoms with E-state index in [2.05, 4.69) is 162 Å². The Morgan fingerprint density at radius 1 is 0.385 bits per heavy atom. The van der Waals surface area contributed by atoms with Gasteiger partial charge in [0.25, 0.3) is 0 Å². The second-order valence-electron chi connectivity index (χ2n) is 9.98. The first kappa shape index (κ1) is 23.2. The van der Waals surface area contributed by atoms with Gasteiger partial charge in [0.2, 0.25) is 0 Å². The fourth-order valence-corrected chi connectivity index (χ4v) is 6.67. The van der Waals surface area contributed by atoms with Crippen LogP contribution in [0.1, 0.15) is 33.4 Å². The second kappa shape index (κ2) is 9.41. The van der Waals surface area contributed by atoms with Crippen LogP contribution in [0.4, 0.5) is 5.69 Å². The van der Waals surface area contributed by atoms with Gasteiger partial charge in [-0.2, -0.15) is 0 Å². The molecule has 2 heteroatoms. The summed E-state index contributed by atoms with van der Waals surface area (Å²) in [6, 6.07) is 56.9. The van der Waals surface area contributed by atoms with E-state index in [1.165, 1.54) is 33.4 Å². The first-order chi connectivity index (χ1) is 19.4. The molecule has 0 saturated carbocycles. The molecule has 39 heavy (non-hydrogen) atoms. The van der Waals surface area contributed by atoms with Crippen LogP contribution in [0.25, 0.3) is 0 Å². The average Bonchev–Trinajstić information content (AvgIpc) is 3.32. The summed E-state index contributed by atoms with van der Waals surface area (Å²) in [6.07, 6.45) is 3.86. The van der Waals surface area contributed by atoms with Crippen LogP contribution in [0.3, 0.4) is 0 Å². The smallest absolute Gasteiger partial charge is 0.118 e. The van der Waals surface area contributed by atoms with Crippen LogP contribution in [0.2, 0.25) is 0 Å². The van der Waals surface area contributed by atoms with Crippen molar-refractivity contribution >= 4 is 5.69 Å². The third kappa shape index (κ3) is 3.31. The number of pyridine rings is 1. The van der Waals surface area contributed by atoms with E-state index in [9.17, 15) is 0 Å². The van der Waals surface area contributed by atoms with E-state index in [4.69, 9.17) is 0 Å². The van der Waals surface area contributed by atoms with Crippen LogP contribution >= 0.6 is 0 Å². The van der Waals surface area contributed by atoms with Crippen molar-refractivity contribution in [3.8, 4) is 0 Å². The third-order valence-electron chi connectivity index (χ3n) is 8.05. The van der Waals surface area contributed by atoms with Crippen molar-refractivity contribution in [2.45, 2.75) is 11.1 Å². The molecule has 5 aromatic carbocycles. The highest BCUT2D eigenvalue weighted by Crippen LogP contribution is 2.62. The molecule has 0 bridgehead atoms. The predicted octanol–water partition coefficient (Wildman–Crippen LogP) is 8.19. The molecule has 0 N–H and O–H groups in total. The molecule has 2 heterocycles. The number of anilines is 1. The van der Waals surface area contributed by atoms with Gasteiger partial charge in [0.1, 0.15) is 11.1 Å². The summed E-state index contributed by atoms with van der Waals surface area (Å²) >= 11 is 0. The molecule has 0 amide bonds. The Morgan fingerprint density at radius 2 is 0.744 bits per heavy atom. The molecule has 0 atom stereocenters. The number of hydrogen-bond acceptors (Lipinski definition) is 2. The monoisotopic (exact) mass is 500 g/mol. The van der Waals surface area contributed by atoms with Gasteiger partial charge in [-0.05, 0) is 45.5 Å². The number of fused-ring (bicyclic) bond motifs is 1. The van der Waals surface area contributed by atoms with E-state index in [1.54, 1.807) is 0 Å². The average molecular weight is 501 g/mol. The fourth-order valence-electron chi connectivity index (χ4n) is 6.67. The van der Waals surface area contributed by atoms with Gasteiger partial charge in [0.05, 0.1) is 11.9 Å². The third-order valence-corrected chi connectivity index (χ3v) is 8.05. The number of nitrogens with zero attached hydrogens (tertiary/aromatic N) is 2. The summed E-state index contributed by atoms with van der Waals surface area (Å²) in [5, 5.41) is 0. The van der Waals surface area contributed by atoms with E-state index in [-0.39, 0.29) is 0 Å². The molecule has 0 aliphatic carbocycles. The van der Waals surface area contributed by atoms with Crippen molar-refractivity contribution in [2.24, 2.45) is 0 Å². The minimum atomic E-state index is -0.631. The predicted molar refractivity (Wildman–Crippen MR) is 159 cm³/mol. The van der Waals surface area contributed by atoms with Crippen LogP contribution in [-0.2, 0) is 11.1 Å². The minimum absolute atomic E-state index is 0.631. The van der Waals surface area contributed by atoms with Gasteiger partial charge in [0.15, 0.2) is 0 Å². The molecule has 6 aromatic rings. The Kier molecular flexibility index (Phi) is 5.60. The normalized spacial score (nSPS) is 15.0. The molecule has 0 spiro atoms. The number of aromatic nitrogens is 1. The summed E-state index contributed by atoms with van der Waals surface area (Å²) in [6.45, 7) is 0. The summed E-state index contributed by atoms with van der Waals surface area (Å²) in [5.41, 5.74) is 7.15. The van der Waals surface area contributed by atoms with Gasteiger partial charge < -0.3 is 4.90 Å². The zero-order chi connectivity index (χ0) is 26.1. The Morgan fingerprint density at radius 3 is 1.08 bits per heavy atom. The maximum Gasteiger partial charge on any atom is 0.118 e. The maximum absolute atomic E-state index is 4.66. The van der Waals surface area contributed by atoms with Gasteiger partial charge in [0, 0.05) is 6.20 Å². The SMILES string of the molecule is c1ccc(C2(c3ccccc3)c3ccccc3C(c3ccccc3)(c3ccccc3)N2c2cccnc2)cc1. The summed E-state index contributed by atoms with van der Waals surface area (Å²) in [7, 11) is 0. The van der Waals surface area contributed by atoms with Gasteiger partial charge in [-0.3, -0.25) is 4.98 Å². The lowest BCUT2D eigenvalue weighted by molar-refractivity contribution is 0.495. The quantitative estimate of drug-likeness (QED) is 0.237. The topological polar surface area (TPSA) is 16.1 Å². The molecule has 1 aromatic heterocycles. The van der Waals surface area contributed by atoms with Crippen molar-refractivity contribution in [1.82, 2.24) is 4.98 Å². The van der Waals surface area contributed by atoms with E-state index in [1.807, 2.05) is 18.5 Å². The van der Waals surface area contributed by atoms with Gasteiger partial charge in [-0.15, -0.1) is 0 Å². The highest BCUT2D eigenvalue weighted by Gasteiger charge is 2.61. The lowest BCUT2D eigenvalue weighted by Crippen LogP contribution is -2.54. The lowest BCUT2D eigenvalue weighted by atomic mass is 9.76. The Bertz CT molecular complexity index is 1490. The molecular weight excluding hydrogens is 472 g/mol. The van der Waals surface area contributed by atoms with E-state index < -0.39 is 11.1 Å². The van der Waals surface area contributed by atoms with Crippen LogP contribution in [0, 0.1) is 0 Å². The maximum atomic E-state index is 4.66. The fraction of sp³-hybridized carbons (Fsp3) is 0.0541. The molecule has 0 radical (unpaired) electrons. The van der Waals surface area contributed by atoms with Crippen LogP contribution < -0.4 is 4.90 Å². The van der Waals surface area contributed by atoms with Gasteiger partial charge >= 0.3 is 0 Å². The van der Waals surface area contributed by atoms with Gasteiger partial charge in [-0.1, -0.05) is 146 Å². The number of rotatable bonds is 5. The highest BCUT2D eigenvalue weighted by molar-refractivity contribution is 5.77. The van der Waals surface area contributed by atoms with Crippen LogP contribution in [0.5, 0.6) is 0 Å². The largest absolute Gasteiger partial charge is 0.334 e. The summed E-state index contributed by atoms with van der Waals surface area (Å²) < 4.78 is 0.